The zero-order valence-corrected chi connectivity index (χ0v) is 11.2. The van der Waals surface area contributed by atoms with Gasteiger partial charge in [0.1, 0.15) is 5.75 Å². The summed E-state index contributed by atoms with van der Waals surface area (Å²) >= 11 is 1.00. The molecular formula is C11H8F5N3OS. The van der Waals surface area contributed by atoms with Crippen LogP contribution >= 0.6 is 11.8 Å². The minimum absolute atomic E-state index is 0.0631. The van der Waals surface area contributed by atoms with Crippen molar-refractivity contribution < 1.29 is 26.7 Å². The molecular weight excluding hydrogens is 317 g/mol. The highest BCUT2D eigenvalue weighted by Gasteiger charge is 2.35. The molecule has 1 rings (SSSR count). The van der Waals surface area contributed by atoms with E-state index < -0.39 is 24.1 Å². The Hall–Kier alpha value is -2.02. The highest BCUT2D eigenvalue weighted by atomic mass is 32.2. The predicted octanol–water partition coefficient (Wildman–Crippen LogP) is 3.73. The average molecular weight is 325 g/mol. The van der Waals surface area contributed by atoms with Crippen LogP contribution in [0.1, 0.15) is 5.56 Å². The van der Waals surface area contributed by atoms with Gasteiger partial charge in [0, 0.05) is 0 Å². The molecule has 0 aliphatic carbocycles. The van der Waals surface area contributed by atoms with E-state index in [1.165, 1.54) is 0 Å². The summed E-state index contributed by atoms with van der Waals surface area (Å²) in [5, 5.41) is 10.7. The summed E-state index contributed by atoms with van der Waals surface area (Å²) in [7, 11) is 0. The molecule has 0 amide bonds. The number of hydrogen-bond donors (Lipinski definition) is 1. The fourth-order valence-electron chi connectivity index (χ4n) is 1.30. The number of thioether (sulfide) groups is 1. The number of ether oxygens (including phenoxy) is 1. The first-order chi connectivity index (χ1) is 9.77. The monoisotopic (exact) mass is 325 g/mol. The highest BCUT2D eigenvalue weighted by Crippen LogP contribution is 2.39. The fourth-order valence-corrected chi connectivity index (χ4v) is 1.64. The van der Waals surface area contributed by atoms with Gasteiger partial charge in [-0.15, -0.1) is 0 Å². The fraction of sp³-hybridized carbons (Fsp3) is 0.273. The Morgan fingerprint density at radius 2 is 2.10 bits per heavy atom. The minimum atomic E-state index is -4.88. The molecule has 0 radical (unpaired) electrons. The second kappa shape index (κ2) is 7.12. The van der Waals surface area contributed by atoms with Crippen molar-refractivity contribution in [2.75, 3.05) is 6.26 Å². The van der Waals surface area contributed by atoms with Crippen molar-refractivity contribution in [3.8, 4) is 11.9 Å². The Morgan fingerprint density at radius 3 is 2.57 bits per heavy atom. The number of amidine groups is 1. The lowest BCUT2D eigenvalue weighted by Crippen LogP contribution is -2.13. The molecule has 0 bridgehead atoms. The number of hydrogen-bond acceptors (Lipinski definition) is 4. The second-order valence-corrected chi connectivity index (χ2v) is 4.21. The summed E-state index contributed by atoms with van der Waals surface area (Å²) < 4.78 is 66.4. The van der Waals surface area contributed by atoms with E-state index in [0.29, 0.717) is 6.07 Å². The number of nitrogens with zero attached hydrogens (tertiary/aromatic N) is 2. The molecule has 0 saturated heterocycles. The van der Waals surface area contributed by atoms with Crippen molar-refractivity contribution in [3.63, 3.8) is 0 Å². The molecule has 0 heterocycles. The van der Waals surface area contributed by atoms with E-state index in [1.807, 2.05) is 0 Å². The van der Waals surface area contributed by atoms with Gasteiger partial charge in [0.2, 0.25) is 0 Å². The molecule has 0 aromatic heterocycles. The van der Waals surface area contributed by atoms with Gasteiger partial charge in [-0.05, 0) is 24.5 Å². The molecule has 21 heavy (non-hydrogen) atoms. The number of halogens is 5. The van der Waals surface area contributed by atoms with Crippen LogP contribution in [0.25, 0.3) is 0 Å². The van der Waals surface area contributed by atoms with E-state index in [1.54, 1.807) is 12.4 Å². The number of aliphatic imine (C=N–C) groups is 1. The van der Waals surface area contributed by atoms with Crippen LogP contribution in [-0.2, 0) is 6.18 Å². The summed E-state index contributed by atoms with van der Waals surface area (Å²) in [5.41, 5.74) is -1.53. The zero-order chi connectivity index (χ0) is 16.0. The third kappa shape index (κ3) is 5.11. The van der Waals surface area contributed by atoms with Gasteiger partial charge in [0.05, 0.1) is 11.3 Å². The Morgan fingerprint density at radius 1 is 1.43 bits per heavy atom. The minimum Gasteiger partial charge on any atom is -0.434 e. The van der Waals surface area contributed by atoms with Crippen molar-refractivity contribution in [2.45, 2.75) is 12.8 Å². The lowest BCUT2D eigenvalue weighted by molar-refractivity contribution is -0.141. The normalized spacial score (nSPS) is 12.2. The lowest BCUT2D eigenvalue weighted by atomic mass is 10.1. The summed E-state index contributed by atoms with van der Waals surface area (Å²) in [6.07, 6.45) is -1.75. The van der Waals surface area contributed by atoms with Crippen molar-refractivity contribution in [1.82, 2.24) is 5.32 Å². The van der Waals surface area contributed by atoms with E-state index in [9.17, 15) is 22.0 Å². The van der Waals surface area contributed by atoms with Crippen molar-refractivity contribution in [2.24, 2.45) is 4.99 Å². The molecule has 0 saturated carbocycles. The number of nitriles is 1. The molecule has 4 nitrogen and oxygen atoms in total. The molecule has 0 spiro atoms. The van der Waals surface area contributed by atoms with E-state index in [-0.39, 0.29) is 10.9 Å². The molecule has 0 unspecified atom stereocenters. The molecule has 10 heteroatoms. The molecule has 0 aliphatic heterocycles. The smallest absolute Gasteiger partial charge is 0.420 e. The van der Waals surface area contributed by atoms with Gasteiger partial charge in [-0.2, -0.15) is 27.2 Å². The van der Waals surface area contributed by atoms with Crippen LogP contribution in [0.2, 0.25) is 0 Å². The third-order valence-corrected chi connectivity index (χ3v) is 2.65. The molecule has 1 aromatic carbocycles. The van der Waals surface area contributed by atoms with E-state index >= 15 is 0 Å². The lowest BCUT2D eigenvalue weighted by Gasteiger charge is -2.14. The average Bonchev–Trinajstić information content (AvgIpc) is 2.38. The number of benzene rings is 1. The molecule has 0 aliphatic rings. The largest absolute Gasteiger partial charge is 0.434 e. The third-order valence-electron chi connectivity index (χ3n) is 2.07. The SMILES string of the molecule is CSC(=Nc1ccc(OC(F)F)c(C(F)(F)F)c1)NC#N. The number of nitrogens with one attached hydrogen (secondary N) is 1. The Balaban J connectivity index is 3.25. The maximum atomic E-state index is 12.8. The predicted molar refractivity (Wildman–Crippen MR) is 67.4 cm³/mol. The first-order valence-electron chi connectivity index (χ1n) is 5.21. The van der Waals surface area contributed by atoms with Gasteiger partial charge in [-0.3, -0.25) is 5.32 Å². The summed E-state index contributed by atoms with van der Waals surface area (Å²) in [6.45, 7) is -3.37. The quantitative estimate of drug-likeness (QED) is 0.302. The molecule has 1 N–H and O–H groups in total. The second-order valence-electron chi connectivity index (χ2n) is 3.41. The number of alkyl halides is 5. The van der Waals surface area contributed by atoms with Gasteiger partial charge in [-0.25, -0.2) is 4.99 Å². The van der Waals surface area contributed by atoms with Crippen molar-refractivity contribution in [3.05, 3.63) is 23.8 Å². The first kappa shape index (κ1) is 17.0. The van der Waals surface area contributed by atoms with Gasteiger partial charge in [0.15, 0.2) is 11.4 Å². The van der Waals surface area contributed by atoms with Crippen LogP contribution in [0.3, 0.4) is 0 Å². The maximum Gasteiger partial charge on any atom is 0.420 e. The van der Waals surface area contributed by atoms with Crippen LogP contribution in [0.5, 0.6) is 5.75 Å². The summed E-state index contributed by atoms with van der Waals surface area (Å²) in [5.74, 6) is -0.990. The van der Waals surface area contributed by atoms with Gasteiger partial charge < -0.3 is 4.74 Å². The van der Waals surface area contributed by atoms with Crippen LogP contribution in [0, 0.1) is 11.5 Å². The van der Waals surface area contributed by atoms with Gasteiger partial charge in [0.25, 0.3) is 0 Å². The molecule has 0 fully saturated rings. The van der Waals surface area contributed by atoms with Crippen molar-refractivity contribution in [1.29, 1.82) is 5.26 Å². The van der Waals surface area contributed by atoms with Gasteiger partial charge >= 0.3 is 12.8 Å². The maximum absolute atomic E-state index is 12.8. The van der Waals surface area contributed by atoms with Crippen LogP contribution in [-0.4, -0.2) is 18.0 Å². The summed E-state index contributed by atoms with van der Waals surface area (Å²) in [4.78, 5) is 3.76. The standard InChI is InChI=1S/C11H8F5N3OS/c1-21-10(18-5-17)19-6-2-3-8(20-9(12)13)7(4-6)11(14,15)16/h2-4,9H,1H3,(H,18,19). The molecule has 0 atom stereocenters. The highest BCUT2D eigenvalue weighted by molar-refractivity contribution is 8.13. The van der Waals surface area contributed by atoms with Crippen molar-refractivity contribution >= 4 is 22.6 Å². The molecule has 114 valence electrons. The van der Waals surface area contributed by atoms with E-state index in [0.717, 1.165) is 23.9 Å². The Bertz CT molecular complexity index is 568. The summed E-state index contributed by atoms with van der Waals surface area (Å²) in [6, 6.07) is 2.38. The Kier molecular flexibility index (Phi) is 5.78. The van der Waals surface area contributed by atoms with Crippen LogP contribution < -0.4 is 10.1 Å². The van der Waals surface area contributed by atoms with Gasteiger partial charge in [-0.1, -0.05) is 11.8 Å². The van der Waals surface area contributed by atoms with Crippen LogP contribution in [0.15, 0.2) is 23.2 Å². The van der Waals surface area contributed by atoms with E-state index in [4.69, 9.17) is 5.26 Å². The zero-order valence-electron chi connectivity index (χ0n) is 10.4. The first-order valence-corrected chi connectivity index (χ1v) is 6.44. The topological polar surface area (TPSA) is 57.4 Å². The Labute approximate surface area is 120 Å². The van der Waals surface area contributed by atoms with Crippen LogP contribution in [0.4, 0.5) is 27.6 Å². The molecule has 1 aromatic rings. The number of rotatable bonds is 3. The van der Waals surface area contributed by atoms with E-state index in [2.05, 4.69) is 15.0 Å².